The van der Waals surface area contributed by atoms with E-state index in [0.29, 0.717) is 17.3 Å². The lowest BCUT2D eigenvalue weighted by Crippen LogP contribution is -2.51. The Balaban J connectivity index is 2.38. The average molecular weight is 508 g/mol. The monoisotopic (exact) mass is 507 g/mol. The lowest BCUT2D eigenvalue weighted by Gasteiger charge is -2.32. The lowest BCUT2D eigenvalue weighted by atomic mass is 10.1. The van der Waals surface area contributed by atoms with Crippen LogP contribution < -0.4 is 9.62 Å². The molecule has 0 saturated heterocycles. The number of hydrogen-bond acceptors (Lipinski definition) is 4. The molecule has 2 aromatic carbocycles. The molecule has 2 amide bonds. The Morgan fingerprint density at radius 2 is 1.76 bits per heavy atom. The summed E-state index contributed by atoms with van der Waals surface area (Å²) in [5, 5.41) is 3.27. The molecular formula is C25H34ClN3O4S. The van der Waals surface area contributed by atoms with Gasteiger partial charge >= 0.3 is 0 Å². The Labute approximate surface area is 208 Å². The molecule has 0 bridgehead atoms. The van der Waals surface area contributed by atoms with Gasteiger partial charge in [-0.15, -0.1) is 0 Å². The second kappa shape index (κ2) is 12.2. The van der Waals surface area contributed by atoms with Crippen LogP contribution in [0.15, 0.2) is 42.5 Å². The van der Waals surface area contributed by atoms with Crippen molar-refractivity contribution in [3.8, 4) is 0 Å². The van der Waals surface area contributed by atoms with Gasteiger partial charge in [0, 0.05) is 18.1 Å². The zero-order valence-corrected chi connectivity index (χ0v) is 22.0. The van der Waals surface area contributed by atoms with E-state index in [-0.39, 0.29) is 12.5 Å². The summed E-state index contributed by atoms with van der Waals surface area (Å²) >= 11 is 6.21. The topological polar surface area (TPSA) is 86.8 Å². The van der Waals surface area contributed by atoms with E-state index >= 15 is 0 Å². The first-order chi connectivity index (χ1) is 16.0. The zero-order chi connectivity index (χ0) is 25.5. The third-order valence-corrected chi connectivity index (χ3v) is 7.27. The molecule has 0 heterocycles. The number of carbonyl (C=O) groups excluding carboxylic acids is 2. The Morgan fingerprint density at radius 3 is 2.35 bits per heavy atom. The SMILES string of the molecule is CCCCNC(=O)[C@@H](C)N(Cc1ccccc1C)C(=O)CN(c1ccc(C)c(Cl)c1)S(C)(=O)=O. The summed E-state index contributed by atoms with van der Waals surface area (Å²) in [4.78, 5) is 27.8. The Hall–Kier alpha value is -2.58. The van der Waals surface area contributed by atoms with Crippen molar-refractivity contribution in [3.63, 3.8) is 0 Å². The van der Waals surface area contributed by atoms with Gasteiger partial charge in [-0.3, -0.25) is 13.9 Å². The fourth-order valence-corrected chi connectivity index (χ4v) is 4.46. The van der Waals surface area contributed by atoms with E-state index in [9.17, 15) is 18.0 Å². The molecular weight excluding hydrogens is 474 g/mol. The van der Waals surface area contributed by atoms with Crippen molar-refractivity contribution in [1.82, 2.24) is 10.2 Å². The lowest BCUT2D eigenvalue weighted by molar-refractivity contribution is -0.139. The summed E-state index contributed by atoms with van der Waals surface area (Å²) in [6.07, 6.45) is 2.81. The molecule has 0 saturated carbocycles. The number of sulfonamides is 1. The van der Waals surface area contributed by atoms with Crippen molar-refractivity contribution in [2.24, 2.45) is 0 Å². The van der Waals surface area contributed by atoms with Crippen molar-refractivity contribution >= 4 is 39.1 Å². The van der Waals surface area contributed by atoms with E-state index < -0.39 is 28.5 Å². The van der Waals surface area contributed by atoms with Gasteiger partial charge < -0.3 is 10.2 Å². The number of nitrogens with one attached hydrogen (secondary N) is 1. The molecule has 0 radical (unpaired) electrons. The first-order valence-corrected chi connectivity index (χ1v) is 13.5. The van der Waals surface area contributed by atoms with E-state index in [1.54, 1.807) is 19.1 Å². The van der Waals surface area contributed by atoms with Crippen LogP contribution in [0.4, 0.5) is 5.69 Å². The van der Waals surface area contributed by atoms with Gasteiger partial charge in [-0.1, -0.05) is 55.3 Å². The normalized spacial score (nSPS) is 12.2. The van der Waals surface area contributed by atoms with Crippen LogP contribution in [0.1, 0.15) is 43.4 Å². The number of hydrogen-bond donors (Lipinski definition) is 1. The molecule has 1 N–H and O–H groups in total. The fourth-order valence-electron chi connectivity index (χ4n) is 3.44. The molecule has 2 aromatic rings. The highest BCUT2D eigenvalue weighted by Gasteiger charge is 2.30. The third-order valence-electron chi connectivity index (χ3n) is 5.72. The predicted molar refractivity (Wildman–Crippen MR) is 137 cm³/mol. The van der Waals surface area contributed by atoms with E-state index in [4.69, 9.17) is 11.6 Å². The average Bonchev–Trinajstić information content (AvgIpc) is 2.77. The maximum absolute atomic E-state index is 13.5. The van der Waals surface area contributed by atoms with Gasteiger partial charge in [0.05, 0.1) is 11.9 Å². The number of halogens is 1. The van der Waals surface area contributed by atoms with Crippen molar-refractivity contribution in [1.29, 1.82) is 0 Å². The van der Waals surface area contributed by atoms with Gasteiger partial charge in [-0.05, 0) is 56.0 Å². The molecule has 9 heteroatoms. The number of aryl methyl sites for hydroxylation is 2. The number of nitrogens with zero attached hydrogens (tertiary/aromatic N) is 2. The molecule has 0 fully saturated rings. The number of unbranched alkanes of at least 4 members (excludes halogenated alkanes) is 1. The fraction of sp³-hybridized carbons (Fsp3) is 0.440. The van der Waals surface area contributed by atoms with Gasteiger partial charge in [0.25, 0.3) is 0 Å². The summed E-state index contributed by atoms with van der Waals surface area (Å²) in [7, 11) is -3.79. The predicted octanol–water partition coefficient (Wildman–Crippen LogP) is 4.06. The van der Waals surface area contributed by atoms with Crippen LogP contribution in [0.5, 0.6) is 0 Å². The third kappa shape index (κ3) is 7.46. The van der Waals surface area contributed by atoms with Gasteiger partial charge in [0.15, 0.2) is 0 Å². The smallest absolute Gasteiger partial charge is 0.244 e. The zero-order valence-electron chi connectivity index (χ0n) is 20.5. The van der Waals surface area contributed by atoms with Crippen LogP contribution in [-0.4, -0.2) is 50.5 Å². The summed E-state index contributed by atoms with van der Waals surface area (Å²) in [5.41, 5.74) is 2.95. The van der Waals surface area contributed by atoms with Crippen molar-refractivity contribution < 1.29 is 18.0 Å². The molecule has 0 aliphatic heterocycles. The molecule has 2 rings (SSSR count). The number of anilines is 1. The van der Waals surface area contributed by atoms with Crippen LogP contribution in [0.25, 0.3) is 0 Å². The molecule has 0 aliphatic rings. The van der Waals surface area contributed by atoms with Crippen LogP contribution in [0.2, 0.25) is 5.02 Å². The summed E-state index contributed by atoms with van der Waals surface area (Å²) in [5.74, 6) is -0.761. The van der Waals surface area contributed by atoms with E-state index in [0.717, 1.165) is 40.1 Å². The number of amides is 2. The highest BCUT2D eigenvalue weighted by atomic mass is 35.5. The molecule has 0 aromatic heterocycles. The Bertz CT molecular complexity index is 1120. The van der Waals surface area contributed by atoms with E-state index in [1.165, 1.54) is 11.0 Å². The van der Waals surface area contributed by atoms with Gasteiger partial charge in [-0.25, -0.2) is 8.42 Å². The van der Waals surface area contributed by atoms with Gasteiger partial charge in [0.2, 0.25) is 21.8 Å². The maximum atomic E-state index is 13.5. The van der Waals surface area contributed by atoms with Crippen LogP contribution in [-0.2, 0) is 26.2 Å². The van der Waals surface area contributed by atoms with Crippen molar-refractivity contribution in [2.75, 3.05) is 23.7 Å². The molecule has 0 unspecified atom stereocenters. The minimum Gasteiger partial charge on any atom is -0.354 e. The quantitative estimate of drug-likeness (QED) is 0.465. The molecule has 1 atom stereocenters. The largest absolute Gasteiger partial charge is 0.354 e. The van der Waals surface area contributed by atoms with Gasteiger partial charge in [0.1, 0.15) is 12.6 Å². The van der Waals surface area contributed by atoms with Crippen LogP contribution >= 0.6 is 11.6 Å². The van der Waals surface area contributed by atoms with Crippen LogP contribution in [0.3, 0.4) is 0 Å². The van der Waals surface area contributed by atoms with Crippen LogP contribution in [0, 0.1) is 13.8 Å². The second-order valence-corrected chi connectivity index (χ2v) is 10.8. The number of benzene rings is 2. The first kappa shape index (κ1) is 27.7. The van der Waals surface area contributed by atoms with Crippen molar-refractivity contribution in [3.05, 3.63) is 64.2 Å². The summed E-state index contributed by atoms with van der Waals surface area (Å²) < 4.78 is 26.2. The summed E-state index contributed by atoms with van der Waals surface area (Å²) in [6, 6.07) is 11.7. The number of carbonyl (C=O) groups is 2. The molecule has 0 aliphatic carbocycles. The van der Waals surface area contributed by atoms with E-state index in [1.807, 2.05) is 45.0 Å². The standard InChI is InChI=1S/C25H34ClN3O4S/c1-6-7-14-27-25(31)20(4)28(16-21-11-9-8-10-18(21)2)24(30)17-29(34(5,32)33)22-13-12-19(3)23(26)15-22/h8-13,15,20H,6-7,14,16-17H2,1-5H3,(H,27,31)/t20-/m1/s1. The molecule has 34 heavy (non-hydrogen) atoms. The van der Waals surface area contributed by atoms with E-state index in [2.05, 4.69) is 5.32 Å². The maximum Gasteiger partial charge on any atom is 0.244 e. The summed E-state index contributed by atoms with van der Waals surface area (Å²) in [6.45, 7) is 7.68. The molecule has 186 valence electrons. The first-order valence-electron chi connectivity index (χ1n) is 11.3. The highest BCUT2D eigenvalue weighted by molar-refractivity contribution is 7.92. The highest BCUT2D eigenvalue weighted by Crippen LogP contribution is 2.25. The molecule has 7 nitrogen and oxygen atoms in total. The second-order valence-electron chi connectivity index (χ2n) is 8.47. The minimum atomic E-state index is -3.79. The minimum absolute atomic E-state index is 0.181. The molecule has 0 spiro atoms. The Morgan fingerprint density at radius 1 is 1.09 bits per heavy atom. The van der Waals surface area contributed by atoms with Gasteiger partial charge in [-0.2, -0.15) is 0 Å². The Kier molecular flexibility index (Phi) is 9.94. The number of rotatable bonds is 11. The van der Waals surface area contributed by atoms with Crippen molar-refractivity contribution in [2.45, 2.75) is 53.1 Å².